The van der Waals surface area contributed by atoms with Crippen molar-refractivity contribution < 1.29 is 9.72 Å². The van der Waals surface area contributed by atoms with Crippen molar-refractivity contribution in [3.05, 3.63) is 51.7 Å². The van der Waals surface area contributed by atoms with Crippen LogP contribution in [0.25, 0.3) is 0 Å². The van der Waals surface area contributed by atoms with Gasteiger partial charge in [-0.05, 0) is 31.7 Å². The molecule has 2 N–H and O–H groups in total. The van der Waals surface area contributed by atoms with Crippen molar-refractivity contribution in [1.29, 1.82) is 0 Å². The quantitative estimate of drug-likeness (QED) is 0.659. The number of nitro benzene ring substituents is 1. The summed E-state index contributed by atoms with van der Waals surface area (Å²) in [5.41, 5.74) is 6.28. The molecule has 0 radical (unpaired) electrons. The Kier molecular flexibility index (Phi) is 5.31. The van der Waals surface area contributed by atoms with Crippen LogP contribution in [-0.2, 0) is 0 Å². The molecule has 1 aliphatic carbocycles. The van der Waals surface area contributed by atoms with Crippen LogP contribution in [0.1, 0.15) is 48.9 Å². The van der Waals surface area contributed by atoms with Crippen LogP contribution in [-0.4, -0.2) is 10.8 Å². The van der Waals surface area contributed by atoms with Crippen molar-refractivity contribution in [2.45, 2.75) is 38.5 Å². The zero-order valence-corrected chi connectivity index (χ0v) is 11.8. The van der Waals surface area contributed by atoms with Crippen molar-refractivity contribution in [3.8, 4) is 0 Å². The van der Waals surface area contributed by atoms with Crippen molar-refractivity contribution >= 4 is 11.6 Å². The Morgan fingerprint density at radius 1 is 1.14 bits per heavy atom. The Labute approximate surface area is 123 Å². The number of benzene rings is 1. The molecule has 21 heavy (non-hydrogen) atoms. The van der Waals surface area contributed by atoms with Gasteiger partial charge >= 0.3 is 0 Å². The summed E-state index contributed by atoms with van der Waals surface area (Å²) in [7, 11) is 0. The third kappa shape index (κ3) is 4.30. The molecule has 0 fully saturated rings. The van der Waals surface area contributed by atoms with Crippen LogP contribution < -0.4 is 10.9 Å². The highest BCUT2D eigenvalue weighted by molar-refractivity contribution is 5.97. The van der Waals surface area contributed by atoms with Gasteiger partial charge in [0.05, 0.1) is 4.92 Å². The summed E-state index contributed by atoms with van der Waals surface area (Å²) in [6.07, 6.45) is 8.63. The molecule has 2 rings (SSSR count). The minimum absolute atomic E-state index is 0.0569. The number of carbonyl (C=O) groups excluding carboxylic acids is 1. The molecule has 0 spiro atoms. The number of hydrogen-bond acceptors (Lipinski definition) is 4. The van der Waals surface area contributed by atoms with E-state index < -0.39 is 10.8 Å². The average Bonchev–Trinajstić information content (AvgIpc) is 2.45. The van der Waals surface area contributed by atoms with E-state index in [2.05, 4.69) is 16.9 Å². The maximum atomic E-state index is 12.1. The number of hydrazine groups is 1. The predicted octanol–water partition coefficient (Wildman–Crippen LogP) is 3.07. The highest BCUT2D eigenvalue weighted by Gasteiger charge is 2.19. The number of amides is 1. The van der Waals surface area contributed by atoms with Gasteiger partial charge in [-0.15, -0.1) is 0 Å². The lowest BCUT2D eigenvalue weighted by atomic mass is 10.0. The Bertz CT molecular complexity index is 555. The van der Waals surface area contributed by atoms with E-state index in [9.17, 15) is 14.9 Å². The van der Waals surface area contributed by atoms with Gasteiger partial charge in [-0.2, -0.15) is 0 Å². The van der Waals surface area contributed by atoms with Crippen molar-refractivity contribution in [1.82, 2.24) is 10.9 Å². The highest BCUT2D eigenvalue weighted by atomic mass is 16.6. The standard InChI is InChI=1S/C15H19N3O3/c19-15(13-10-6-7-11-14(13)18(20)21)17-16-12-8-4-2-1-3-5-9-12/h6-8,10-11,16H,1-5,9H2,(H,17,19). The molecule has 1 aliphatic rings. The van der Waals surface area contributed by atoms with Gasteiger partial charge in [0.25, 0.3) is 11.6 Å². The van der Waals surface area contributed by atoms with Crippen LogP contribution in [0.5, 0.6) is 0 Å². The van der Waals surface area contributed by atoms with Crippen LogP contribution in [0.15, 0.2) is 36.0 Å². The van der Waals surface area contributed by atoms with Gasteiger partial charge in [-0.25, -0.2) is 0 Å². The van der Waals surface area contributed by atoms with E-state index in [1.165, 1.54) is 25.0 Å². The van der Waals surface area contributed by atoms with Crippen molar-refractivity contribution in [2.24, 2.45) is 0 Å². The SMILES string of the molecule is O=C(NNC1=CCCCCCC1)c1ccccc1[N+](=O)[O-]. The molecule has 6 nitrogen and oxygen atoms in total. The molecule has 0 saturated heterocycles. The second kappa shape index (κ2) is 7.42. The van der Waals surface area contributed by atoms with Crippen molar-refractivity contribution in [3.63, 3.8) is 0 Å². The molecule has 0 unspecified atom stereocenters. The highest BCUT2D eigenvalue weighted by Crippen LogP contribution is 2.18. The number of para-hydroxylation sites is 1. The number of nitrogens with one attached hydrogen (secondary N) is 2. The lowest BCUT2D eigenvalue weighted by Crippen LogP contribution is -2.37. The monoisotopic (exact) mass is 289 g/mol. The molecule has 0 aromatic heterocycles. The van der Waals surface area contributed by atoms with Gasteiger partial charge in [0.2, 0.25) is 0 Å². The van der Waals surface area contributed by atoms with Gasteiger partial charge in [0, 0.05) is 11.8 Å². The maximum Gasteiger partial charge on any atom is 0.282 e. The summed E-state index contributed by atoms with van der Waals surface area (Å²) in [6.45, 7) is 0. The van der Waals surface area contributed by atoms with Crippen LogP contribution in [0.4, 0.5) is 5.69 Å². The smallest absolute Gasteiger partial charge is 0.282 e. The molecular formula is C15H19N3O3. The van der Waals surface area contributed by atoms with E-state index in [0.717, 1.165) is 31.4 Å². The first-order valence-corrected chi connectivity index (χ1v) is 7.17. The van der Waals surface area contributed by atoms with Crippen molar-refractivity contribution in [2.75, 3.05) is 0 Å². The third-order valence-corrected chi connectivity index (χ3v) is 3.47. The number of carbonyl (C=O) groups is 1. The molecule has 0 atom stereocenters. The van der Waals surface area contributed by atoms with Crippen LogP contribution >= 0.6 is 0 Å². The average molecular weight is 289 g/mol. The molecular weight excluding hydrogens is 270 g/mol. The fourth-order valence-corrected chi connectivity index (χ4v) is 2.33. The fraction of sp³-hybridized carbons (Fsp3) is 0.400. The number of allylic oxidation sites excluding steroid dienone is 2. The number of nitrogens with zero attached hydrogens (tertiary/aromatic N) is 1. The maximum absolute atomic E-state index is 12.1. The van der Waals surface area contributed by atoms with E-state index >= 15 is 0 Å². The fourth-order valence-electron chi connectivity index (χ4n) is 2.33. The van der Waals surface area contributed by atoms with Crippen LogP contribution in [0.3, 0.4) is 0 Å². The van der Waals surface area contributed by atoms with E-state index in [1.54, 1.807) is 12.1 Å². The number of nitro groups is 1. The molecule has 6 heteroatoms. The summed E-state index contributed by atoms with van der Waals surface area (Å²) >= 11 is 0. The predicted molar refractivity (Wildman–Crippen MR) is 79.5 cm³/mol. The van der Waals surface area contributed by atoms with Gasteiger partial charge in [0.15, 0.2) is 0 Å². The molecule has 0 saturated carbocycles. The summed E-state index contributed by atoms with van der Waals surface area (Å²) in [6, 6.07) is 5.92. The Balaban J connectivity index is 2.00. The Morgan fingerprint density at radius 2 is 1.90 bits per heavy atom. The number of hydrogen-bond donors (Lipinski definition) is 2. The van der Waals surface area contributed by atoms with Gasteiger partial charge in [-0.3, -0.25) is 20.3 Å². The first-order chi connectivity index (χ1) is 10.2. The Morgan fingerprint density at radius 3 is 2.71 bits per heavy atom. The van der Waals surface area contributed by atoms with Gasteiger partial charge < -0.3 is 5.43 Å². The summed E-state index contributed by atoms with van der Waals surface area (Å²) in [5.74, 6) is -0.495. The van der Waals surface area contributed by atoms with Gasteiger partial charge in [0.1, 0.15) is 5.56 Å². The van der Waals surface area contributed by atoms with E-state index in [-0.39, 0.29) is 11.3 Å². The lowest BCUT2D eigenvalue weighted by Gasteiger charge is -2.14. The van der Waals surface area contributed by atoms with E-state index in [1.807, 2.05) is 0 Å². The van der Waals surface area contributed by atoms with Gasteiger partial charge in [-0.1, -0.05) is 31.1 Å². The third-order valence-electron chi connectivity index (χ3n) is 3.47. The van der Waals surface area contributed by atoms with E-state index in [4.69, 9.17) is 0 Å². The zero-order chi connectivity index (χ0) is 15.1. The molecule has 1 aromatic rings. The minimum Gasteiger partial charge on any atom is -0.303 e. The molecule has 112 valence electrons. The molecule has 0 aliphatic heterocycles. The number of rotatable bonds is 4. The normalized spacial score (nSPS) is 15.3. The molecule has 0 bridgehead atoms. The summed E-state index contributed by atoms with van der Waals surface area (Å²) in [4.78, 5) is 22.4. The second-order valence-electron chi connectivity index (χ2n) is 5.04. The first kappa shape index (κ1) is 15.0. The van der Waals surface area contributed by atoms with Crippen LogP contribution in [0.2, 0.25) is 0 Å². The molecule has 0 heterocycles. The zero-order valence-electron chi connectivity index (χ0n) is 11.8. The molecule has 1 aromatic carbocycles. The second-order valence-corrected chi connectivity index (χ2v) is 5.04. The topological polar surface area (TPSA) is 84.3 Å². The van der Waals surface area contributed by atoms with Crippen LogP contribution in [0, 0.1) is 10.1 Å². The largest absolute Gasteiger partial charge is 0.303 e. The van der Waals surface area contributed by atoms with E-state index in [0.29, 0.717) is 0 Å². The summed E-state index contributed by atoms with van der Waals surface area (Å²) in [5, 5.41) is 10.9. The Hall–Kier alpha value is -2.37. The summed E-state index contributed by atoms with van der Waals surface area (Å²) < 4.78 is 0. The first-order valence-electron chi connectivity index (χ1n) is 7.17. The minimum atomic E-state index is -0.552. The lowest BCUT2D eigenvalue weighted by molar-refractivity contribution is -0.385. The molecule has 1 amide bonds.